The summed E-state index contributed by atoms with van der Waals surface area (Å²) < 4.78 is 18.9. The van der Waals surface area contributed by atoms with E-state index in [1.807, 2.05) is 6.92 Å². The molecule has 0 aliphatic carbocycles. The summed E-state index contributed by atoms with van der Waals surface area (Å²) in [6.07, 6.45) is 0.921. The zero-order chi connectivity index (χ0) is 14.5. The van der Waals surface area contributed by atoms with Crippen molar-refractivity contribution in [1.82, 2.24) is 15.0 Å². The third kappa shape index (κ3) is 4.01. The minimum atomic E-state index is -0.378. The van der Waals surface area contributed by atoms with Gasteiger partial charge in [-0.1, -0.05) is 6.92 Å². The van der Waals surface area contributed by atoms with Gasteiger partial charge < -0.3 is 10.1 Å². The number of anilines is 1. The van der Waals surface area contributed by atoms with Crippen LogP contribution in [0.25, 0.3) is 0 Å². The van der Waals surface area contributed by atoms with E-state index in [-0.39, 0.29) is 17.1 Å². The lowest BCUT2D eigenvalue weighted by Gasteiger charge is -2.07. The second kappa shape index (κ2) is 6.81. The average molecular weight is 362 g/mol. The van der Waals surface area contributed by atoms with Crippen LogP contribution in [0, 0.1) is 5.82 Å². The van der Waals surface area contributed by atoms with E-state index in [2.05, 4.69) is 36.2 Å². The number of aromatic nitrogens is 3. The van der Waals surface area contributed by atoms with Crippen molar-refractivity contribution in [3.05, 3.63) is 33.8 Å². The van der Waals surface area contributed by atoms with Crippen LogP contribution in [0.15, 0.2) is 22.7 Å². The first-order valence-electron chi connectivity index (χ1n) is 5.87. The summed E-state index contributed by atoms with van der Waals surface area (Å²) in [5.41, 5.74) is 0. The van der Waals surface area contributed by atoms with E-state index in [0.29, 0.717) is 22.7 Å². The molecule has 0 fully saturated rings. The highest BCUT2D eigenvalue weighted by molar-refractivity contribution is 9.10. The Balaban J connectivity index is 2.19. The molecule has 8 heteroatoms. The Morgan fingerprint density at radius 3 is 2.85 bits per heavy atom. The first-order valence-corrected chi connectivity index (χ1v) is 7.04. The van der Waals surface area contributed by atoms with Crippen molar-refractivity contribution in [3.8, 4) is 11.8 Å². The first kappa shape index (κ1) is 14.9. The minimum absolute atomic E-state index is 0.0229. The van der Waals surface area contributed by atoms with Crippen LogP contribution in [0.3, 0.4) is 0 Å². The lowest BCUT2D eigenvalue weighted by molar-refractivity contribution is 0.438. The monoisotopic (exact) mass is 360 g/mol. The third-order valence-corrected chi connectivity index (χ3v) is 3.00. The van der Waals surface area contributed by atoms with Gasteiger partial charge in [0.2, 0.25) is 11.2 Å². The van der Waals surface area contributed by atoms with Crippen LogP contribution in [0.4, 0.5) is 10.3 Å². The largest absolute Gasteiger partial charge is 0.424 e. The zero-order valence-corrected chi connectivity index (χ0v) is 12.9. The highest BCUT2D eigenvalue weighted by atomic mass is 79.9. The molecule has 0 aliphatic rings. The normalized spacial score (nSPS) is 10.4. The Morgan fingerprint density at radius 2 is 2.15 bits per heavy atom. The lowest BCUT2D eigenvalue weighted by Crippen LogP contribution is -2.06. The van der Waals surface area contributed by atoms with Crippen LogP contribution in [-0.2, 0) is 0 Å². The topological polar surface area (TPSA) is 59.9 Å². The van der Waals surface area contributed by atoms with Crippen molar-refractivity contribution in [2.24, 2.45) is 0 Å². The highest BCUT2D eigenvalue weighted by Gasteiger charge is 2.08. The molecule has 0 radical (unpaired) electrons. The van der Waals surface area contributed by atoms with Gasteiger partial charge in [-0.05, 0) is 52.2 Å². The van der Waals surface area contributed by atoms with Crippen LogP contribution in [0.5, 0.6) is 11.8 Å². The van der Waals surface area contributed by atoms with E-state index in [1.165, 1.54) is 18.2 Å². The van der Waals surface area contributed by atoms with Gasteiger partial charge in [0.15, 0.2) is 0 Å². The smallest absolute Gasteiger partial charge is 0.328 e. The highest BCUT2D eigenvalue weighted by Crippen LogP contribution is 2.25. The number of benzene rings is 1. The molecule has 0 spiro atoms. The molecule has 2 aromatic rings. The quantitative estimate of drug-likeness (QED) is 0.871. The molecule has 0 saturated carbocycles. The molecule has 5 nitrogen and oxygen atoms in total. The summed E-state index contributed by atoms with van der Waals surface area (Å²) in [7, 11) is 0. The Kier molecular flexibility index (Phi) is 5.08. The number of rotatable bonds is 5. The molecule has 1 aromatic heterocycles. The van der Waals surface area contributed by atoms with Gasteiger partial charge in [0, 0.05) is 6.54 Å². The molecule has 2 rings (SSSR count). The molecule has 0 aliphatic heterocycles. The van der Waals surface area contributed by atoms with E-state index in [0.717, 1.165) is 6.42 Å². The molecule has 0 bridgehead atoms. The summed E-state index contributed by atoms with van der Waals surface area (Å²) >= 11 is 8.88. The number of halogens is 3. The van der Waals surface area contributed by atoms with Crippen molar-refractivity contribution in [2.75, 3.05) is 11.9 Å². The van der Waals surface area contributed by atoms with Crippen molar-refractivity contribution in [1.29, 1.82) is 0 Å². The SMILES string of the molecule is CCCNc1nc(Cl)nc(Oc2ccc(F)c(Br)c2)n1. The predicted octanol–water partition coefficient (Wildman–Crippen LogP) is 4.04. The Hall–Kier alpha value is -1.47. The van der Waals surface area contributed by atoms with Crippen LogP contribution in [0.2, 0.25) is 5.28 Å². The molecular weight excluding hydrogens is 351 g/mol. The standard InChI is InChI=1S/C12H11BrClFN4O/c1-2-5-16-11-17-10(14)18-12(19-11)20-7-3-4-9(15)8(13)6-7/h3-4,6H,2,5H2,1H3,(H,16,17,18,19). The number of ether oxygens (including phenoxy) is 1. The molecule has 1 N–H and O–H groups in total. The van der Waals surface area contributed by atoms with Crippen LogP contribution < -0.4 is 10.1 Å². The average Bonchev–Trinajstić information content (AvgIpc) is 2.40. The maximum absolute atomic E-state index is 13.1. The van der Waals surface area contributed by atoms with Gasteiger partial charge in [-0.15, -0.1) is 0 Å². The van der Waals surface area contributed by atoms with E-state index in [4.69, 9.17) is 16.3 Å². The van der Waals surface area contributed by atoms with Crippen molar-refractivity contribution in [3.63, 3.8) is 0 Å². The molecule has 20 heavy (non-hydrogen) atoms. The predicted molar refractivity (Wildman–Crippen MR) is 77.8 cm³/mol. The van der Waals surface area contributed by atoms with E-state index in [9.17, 15) is 4.39 Å². The molecule has 1 heterocycles. The summed E-state index contributed by atoms with van der Waals surface area (Å²) in [5.74, 6) is 0.348. The summed E-state index contributed by atoms with van der Waals surface area (Å²) in [4.78, 5) is 11.9. The number of hydrogen-bond donors (Lipinski definition) is 1. The van der Waals surface area contributed by atoms with Gasteiger partial charge >= 0.3 is 6.01 Å². The van der Waals surface area contributed by atoms with Gasteiger partial charge in [-0.3, -0.25) is 0 Å². The van der Waals surface area contributed by atoms with Crippen LogP contribution >= 0.6 is 27.5 Å². The van der Waals surface area contributed by atoms with Crippen molar-refractivity contribution < 1.29 is 9.13 Å². The first-order chi connectivity index (χ1) is 9.58. The number of hydrogen-bond acceptors (Lipinski definition) is 5. The Morgan fingerprint density at radius 1 is 1.35 bits per heavy atom. The fourth-order valence-corrected chi connectivity index (χ4v) is 1.85. The van der Waals surface area contributed by atoms with Gasteiger partial charge in [-0.2, -0.15) is 15.0 Å². The number of nitrogens with one attached hydrogen (secondary N) is 1. The fraction of sp³-hybridized carbons (Fsp3) is 0.250. The Bertz CT molecular complexity index is 614. The maximum atomic E-state index is 13.1. The second-order valence-corrected chi connectivity index (χ2v) is 5.01. The third-order valence-electron chi connectivity index (χ3n) is 2.22. The molecule has 1 aromatic carbocycles. The van der Waals surface area contributed by atoms with E-state index >= 15 is 0 Å². The van der Waals surface area contributed by atoms with Gasteiger partial charge in [0.05, 0.1) is 4.47 Å². The fourth-order valence-electron chi connectivity index (χ4n) is 1.34. The van der Waals surface area contributed by atoms with Crippen molar-refractivity contribution >= 4 is 33.5 Å². The van der Waals surface area contributed by atoms with Gasteiger partial charge in [-0.25, -0.2) is 4.39 Å². The van der Waals surface area contributed by atoms with Gasteiger partial charge in [0.1, 0.15) is 11.6 Å². The van der Waals surface area contributed by atoms with Gasteiger partial charge in [0.25, 0.3) is 0 Å². The Labute approximate surface area is 128 Å². The van der Waals surface area contributed by atoms with Crippen LogP contribution in [-0.4, -0.2) is 21.5 Å². The summed E-state index contributed by atoms with van der Waals surface area (Å²) in [6, 6.07) is 4.27. The minimum Gasteiger partial charge on any atom is -0.424 e. The molecule has 0 atom stereocenters. The summed E-state index contributed by atoms with van der Waals surface area (Å²) in [5, 5.41) is 3.01. The van der Waals surface area contributed by atoms with E-state index in [1.54, 1.807) is 0 Å². The van der Waals surface area contributed by atoms with Crippen molar-refractivity contribution in [2.45, 2.75) is 13.3 Å². The number of nitrogens with zero attached hydrogens (tertiary/aromatic N) is 3. The summed E-state index contributed by atoms with van der Waals surface area (Å²) in [6.45, 7) is 2.73. The lowest BCUT2D eigenvalue weighted by atomic mass is 10.3. The molecule has 0 amide bonds. The second-order valence-electron chi connectivity index (χ2n) is 3.82. The molecular formula is C12H11BrClFN4O. The molecule has 0 saturated heterocycles. The van der Waals surface area contributed by atoms with E-state index < -0.39 is 0 Å². The maximum Gasteiger partial charge on any atom is 0.328 e. The zero-order valence-electron chi connectivity index (χ0n) is 10.5. The molecule has 0 unspecified atom stereocenters. The molecule has 106 valence electrons. The van der Waals surface area contributed by atoms with Crippen LogP contribution in [0.1, 0.15) is 13.3 Å².